The molecule has 2 saturated heterocycles. The summed E-state index contributed by atoms with van der Waals surface area (Å²) in [6, 6.07) is 12.2. The number of nitrogens with zero attached hydrogens (tertiary/aromatic N) is 3. The second kappa shape index (κ2) is 9.43. The molecule has 1 aromatic carbocycles. The summed E-state index contributed by atoms with van der Waals surface area (Å²) in [5, 5.41) is 0. The molecule has 0 N–H and O–H groups in total. The van der Waals surface area contributed by atoms with Crippen molar-refractivity contribution >= 4 is 5.91 Å². The number of hydrogen-bond donors (Lipinski definition) is 0. The van der Waals surface area contributed by atoms with Crippen LogP contribution in [0.3, 0.4) is 0 Å². The average molecular weight is 399 g/mol. The SMILES string of the molecule is O=C(CCN1CCO[C@@H](c2cccc(-c3cccc(F)c3)n2)C1)N1CCOCC1. The van der Waals surface area contributed by atoms with Gasteiger partial charge in [0.25, 0.3) is 0 Å². The van der Waals surface area contributed by atoms with Gasteiger partial charge in [-0.2, -0.15) is 0 Å². The molecule has 1 aromatic heterocycles. The van der Waals surface area contributed by atoms with E-state index in [1.807, 2.05) is 29.2 Å². The van der Waals surface area contributed by atoms with Crippen LogP contribution in [-0.2, 0) is 14.3 Å². The van der Waals surface area contributed by atoms with Crippen LogP contribution in [-0.4, -0.2) is 73.2 Å². The number of halogens is 1. The van der Waals surface area contributed by atoms with Crippen molar-refractivity contribution in [1.82, 2.24) is 14.8 Å². The summed E-state index contributed by atoms with van der Waals surface area (Å²) in [7, 11) is 0. The first-order valence-electron chi connectivity index (χ1n) is 10.1. The molecule has 154 valence electrons. The van der Waals surface area contributed by atoms with E-state index in [1.165, 1.54) is 12.1 Å². The van der Waals surface area contributed by atoms with Gasteiger partial charge in [-0.25, -0.2) is 4.39 Å². The van der Waals surface area contributed by atoms with Crippen LogP contribution in [0.4, 0.5) is 4.39 Å². The van der Waals surface area contributed by atoms with Crippen molar-refractivity contribution in [3.8, 4) is 11.3 Å². The molecular weight excluding hydrogens is 373 g/mol. The highest BCUT2D eigenvalue weighted by molar-refractivity contribution is 5.76. The molecule has 7 heteroatoms. The molecule has 0 radical (unpaired) electrons. The molecule has 2 aromatic rings. The lowest BCUT2D eigenvalue weighted by atomic mass is 10.1. The molecule has 0 saturated carbocycles. The van der Waals surface area contributed by atoms with E-state index in [0.717, 1.165) is 23.5 Å². The van der Waals surface area contributed by atoms with Gasteiger partial charge in [0.1, 0.15) is 11.9 Å². The van der Waals surface area contributed by atoms with Gasteiger partial charge in [-0.3, -0.25) is 14.7 Å². The molecule has 29 heavy (non-hydrogen) atoms. The van der Waals surface area contributed by atoms with E-state index in [9.17, 15) is 9.18 Å². The number of carbonyl (C=O) groups excluding carboxylic acids is 1. The van der Waals surface area contributed by atoms with Crippen LogP contribution >= 0.6 is 0 Å². The Morgan fingerprint density at radius 2 is 1.93 bits per heavy atom. The second-order valence-corrected chi connectivity index (χ2v) is 7.36. The number of aromatic nitrogens is 1. The van der Waals surface area contributed by atoms with E-state index >= 15 is 0 Å². The maximum Gasteiger partial charge on any atom is 0.224 e. The van der Waals surface area contributed by atoms with Crippen LogP contribution in [0, 0.1) is 5.82 Å². The van der Waals surface area contributed by atoms with E-state index in [0.29, 0.717) is 52.4 Å². The van der Waals surface area contributed by atoms with Crippen LogP contribution in [0.5, 0.6) is 0 Å². The molecule has 0 aliphatic carbocycles. The maximum absolute atomic E-state index is 13.5. The molecule has 6 nitrogen and oxygen atoms in total. The van der Waals surface area contributed by atoms with Crippen LogP contribution in [0.15, 0.2) is 42.5 Å². The lowest BCUT2D eigenvalue weighted by molar-refractivity contribution is -0.136. The molecule has 2 fully saturated rings. The normalized spacial score (nSPS) is 20.6. The van der Waals surface area contributed by atoms with Crippen molar-refractivity contribution < 1.29 is 18.7 Å². The lowest BCUT2D eigenvalue weighted by Crippen LogP contribution is -2.44. The second-order valence-electron chi connectivity index (χ2n) is 7.36. The van der Waals surface area contributed by atoms with Crippen LogP contribution in [0.2, 0.25) is 0 Å². The molecule has 0 bridgehead atoms. The van der Waals surface area contributed by atoms with Crippen molar-refractivity contribution in [3.63, 3.8) is 0 Å². The third kappa shape index (κ3) is 5.18. The summed E-state index contributed by atoms with van der Waals surface area (Å²) in [6.07, 6.45) is 0.347. The van der Waals surface area contributed by atoms with Crippen molar-refractivity contribution in [2.75, 3.05) is 52.5 Å². The van der Waals surface area contributed by atoms with Crippen LogP contribution < -0.4 is 0 Å². The Labute approximate surface area is 170 Å². The minimum Gasteiger partial charge on any atom is -0.378 e. The highest BCUT2D eigenvalue weighted by Crippen LogP contribution is 2.24. The summed E-state index contributed by atoms with van der Waals surface area (Å²) in [4.78, 5) is 21.2. The van der Waals surface area contributed by atoms with Crippen LogP contribution in [0.1, 0.15) is 18.2 Å². The smallest absolute Gasteiger partial charge is 0.224 e. The van der Waals surface area contributed by atoms with E-state index in [-0.39, 0.29) is 17.8 Å². The molecule has 1 atom stereocenters. The molecule has 3 heterocycles. The predicted octanol–water partition coefficient (Wildman–Crippen LogP) is 2.51. The van der Waals surface area contributed by atoms with Crippen molar-refractivity contribution in [2.24, 2.45) is 0 Å². The lowest BCUT2D eigenvalue weighted by Gasteiger charge is -2.33. The molecule has 2 aliphatic rings. The zero-order chi connectivity index (χ0) is 20.1. The minimum absolute atomic E-state index is 0.157. The molecule has 2 aliphatic heterocycles. The van der Waals surface area contributed by atoms with Gasteiger partial charge in [0, 0.05) is 44.7 Å². The van der Waals surface area contributed by atoms with Gasteiger partial charge in [0.2, 0.25) is 5.91 Å². The fourth-order valence-electron chi connectivity index (χ4n) is 3.75. The number of hydrogen-bond acceptors (Lipinski definition) is 5. The topological polar surface area (TPSA) is 54.9 Å². The molecule has 0 spiro atoms. The van der Waals surface area contributed by atoms with Gasteiger partial charge in [-0.1, -0.05) is 18.2 Å². The number of rotatable bonds is 5. The van der Waals surface area contributed by atoms with E-state index in [4.69, 9.17) is 14.5 Å². The number of carbonyl (C=O) groups is 1. The highest BCUT2D eigenvalue weighted by atomic mass is 19.1. The van der Waals surface area contributed by atoms with Crippen LogP contribution in [0.25, 0.3) is 11.3 Å². The van der Waals surface area contributed by atoms with Crippen molar-refractivity contribution in [3.05, 3.63) is 54.0 Å². The van der Waals surface area contributed by atoms with Gasteiger partial charge in [0.15, 0.2) is 0 Å². The molecule has 0 unspecified atom stereocenters. The van der Waals surface area contributed by atoms with E-state index in [2.05, 4.69) is 4.90 Å². The van der Waals surface area contributed by atoms with E-state index in [1.54, 1.807) is 6.07 Å². The van der Waals surface area contributed by atoms with Gasteiger partial charge in [-0.05, 0) is 24.3 Å². The summed E-state index contributed by atoms with van der Waals surface area (Å²) in [6.45, 7) is 5.41. The fourth-order valence-corrected chi connectivity index (χ4v) is 3.75. The van der Waals surface area contributed by atoms with E-state index < -0.39 is 0 Å². The van der Waals surface area contributed by atoms with Gasteiger partial charge in [-0.15, -0.1) is 0 Å². The monoisotopic (exact) mass is 399 g/mol. The Morgan fingerprint density at radius 3 is 2.76 bits per heavy atom. The number of amides is 1. The summed E-state index contributed by atoms with van der Waals surface area (Å²) in [5.41, 5.74) is 2.30. The first kappa shape index (κ1) is 19.9. The van der Waals surface area contributed by atoms with Gasteiger partial charge >= 0.3 is 0 Å². The zero-order valence-corrected chi connectivity index (χ0v) is 16.4. The minimum atomic E-state index is -0.278. The zero-order valence-electron chi connectivity index (χ0n) is 16.4. The highest BCUT2D eigenvalue weighted by Gasteiger charge is 2.25. The predicted molar refractivity (Wildman–Crippen MR) is 107 cm³/mol. The number of morpholine rings is 2. The summed E-state index contributed by atoms with van der Waals surface area (Å²) >= 11 is 0. The van der Waals surface area contributed by atoms with Gasteiger partial charge < -0.3 is 14.4 Å². The quantitative estimate of drug-likeness (QED) is 0.773. The fraction of sp³-hybridized carbons (Fsp3) is 0.455. The summed E-state index contributed by atoms with van der Waals surface area (Å²) < 4.78 is 24.8. The standard InChI is InChI=1S/C22H26FN3O3/c23-18-4-1-3-17(15-18)19-5-2-6-20(24-19)21-16-25(9-14-29-21)8-7-22(27)26-10-12-28-13-11-26/h1-6,15,21H,7-14,16H2/t21-/m1/s1. The Kier molecular flexibility index (Phi) is 6.49. The van der Waals surface area contributed by atoms with Crippen molar-refractivity contribution in [1.29, 1.82) is 0 Å². The Bertz CT molecular complexity index is 842. The molecular formula is C22H26FN3O3. The number of pyridine rings is 1. The summed E-state index contributed by atoms with van der Waals surface area (Å²) in [5.74, 6) is -0.0951. The third-order valence-corrected chi connectivity index (χ3v) is 5.38. The van der Waals surface area contributed by atoms with Crippen molar-refractivity contribution in [2.45, 2.75) is 12.5 Å². The Balaban J connectivity index is 1.37. The largest absolute Gasteiger partial charge is 0.378 e. The number of ether oxygens (including phenoxy) is 2. The molecule has 1 amide bonds. The molecule has 4 rings (SSSR count). The maximum atomic E-state index is 13.5. The average Bonchev–Trinajstić information content (AvgIpc) is 2.78. The Hall–Kier alpha value is -2.35. The van der Waals surface area contributed by atoms with Gasteiger partial charge in [0.05, 0.1) is 31.2 Å². The first-order valence-corrected chi connectivity index (χ1v) is 10.1. The Morgan fingerprint density at radius 1 is 1.10 bits per heavy atom. The number of benzene rings is 1. The first-order chi connectivity index (χ1) is 14.2. The third-order valence-electron chi connectivity index (χ3n) is 5.38.